The van der Waals surface area contributed by atoms with E-state index in [0.717, 1.165) is 7.11 Å². The van der Waals surface area contributed by atoms with Crippen LogP contribution in [0.4, 0.5) is 0 Å². The molecule has 0 heterocycles. The Labute approximate surface area is 56.6 Å². The quantitative estimate of drug-likeness (QED) is 0.423. The zero-order valence-electron chi connectivity index (χ0n) is 7.75. The number of ether oxygens (including phenoxy) is 1. The summed E-state index contributed by atoms with van der Waals surface area (Å²) in [6, 6.07) is 0. The predicted molar refractivity (Wildman–Crippen MR) is 28.8 cm³/mol. The molecule has 0 saturated heterocycles. The number of esters is 1. The highest BCUT2D eigenvalue weighted by Gasteiger charge is 2.20. The van der Waals surface area contributed by atoms with Crippen molar-refractivity contribution in [2.75, 3.05) is 7.11 Å². The first-order valence-corrected chi connectivity index (χ1v) is 2.11. The molecule has 0 amide bonds. The Bertz CT molecular complexity index is 197. The summed E-state index contributed by atoms with van der Waals surface area (Å²) in [6.07, 6.45) is 0. The maximum absolute atomic E-state index is 10.6. The van der Waals surface area contributed by atoms with Gasteiger partial charge in [-0.1, -0.05) is 0 Å². The van der Waals surface area contributed by atoms with Gasteiger partial charge in [-0.2, -0.15) is 0 Å². The van der Waals surface area contributed by atoms with Gasteiger partial charge >= 0.3 is 11.9 Å². The number of aliphatic carboxylic acids is 1. The van der Waals surface area contributed by atoms with Gasteiger partial charge in [-0.05, 0) is 6.85 Å². The van der Waals surface area contributed by atoms with E-state index in [1.807, 2.05) is 0 Å². The Balaban J connectivity index is 4.68. The van der Waals surface area contributed by atoms with Crippen molar-refractivity contribution in [3.8, 4) is 0 Å². The maximum Gasteiger partial charge on any atom is 0.319 e. The Morgan fingerprint density at radius 1 is 1.78 bits per heavy atom. The standard InChI is InChI=1S/C5H8O4/c1-3(4(6)7)5(8)9-2/h3H,1-2H3,(H,6,7)/i1D3. The highest BCUT2D eigenvalue weighted by Crippen LogP contribution is 1.95. The van der Waals surface area contributed by atoms with Gasteiger partial charge in [0.25, 0.3) is 0 Å². The minimum atomic E-state index is -2.86. The molecule has 0 spiro atoms. The minimum absolute atomic E-state index is 0.935. The van der Waals surface area contributed by atoms with E-state index >= 15 is 0 Å². The first-order valence-electron chi connectivity index (χ1n) is 3.61. The summed E-state index contributed by atoms with van der Waals surface area (Å²) in [6.45, 7) is -2.86. The fourth-order valence-corrected chi connectivity index (χ4v) is 0.219. The van der Waals surface area contributed by atoms with Gasteiger partial charge in [0.1, 0.15) is 0 Å². The van der Waals surface area contributed by atoms with Crippen molar-refractivity contribution in [2.24, 2.45) is 5.92 Å². The van der Waals surface area contributed by atoms with E-state index in [2.05, 4.69) is 4.74 Å². The number of hydrogen-bond acceptors (Lipinski definition) is 3. The number of carboxylic acids is 1. The summed E-state index contributed by atoms with van der Waals surface area (Å²) in [4.78, 5) is 20.9. The zero-order chi connectivity index (χ0) is 9.94. The van der Waals surface area contributed by atoms with Gasteiger partial charge in [-0.3, -0.25) is 9.59 Å². The van der Waals surface area contributed by atoms with Crippen molar-refractivity contribution in [2.45, 2.75) is 6.85 Å². The van der Waals surface area contributed by atoms with Crippen LogP contribution in [0.5, 0.6) is 0 Å². The summed E-state index contributed by atoms with van der Waals surface area (Å²) in [5.41, 5.74) is 0. The molecule has 0 fully saturated rings. The highest BCUT2D eigenvalue weighted by atomic mass is 16.5. The molecule has 0 aromatic rings. The van der Waals surface area contributed by atoms with Crippen LogP contribution in [0, 0.1) is 5.92 Å². The predicted octanol–water partition coefficient (Wildman–Crippen LogP) is -0.120. The Morgan fingerprint density at radius 2 is 2.33 bits per heavy atom. The van der Waals surface area contributed by atoms with Crippen molar-refractivity contribution in [3.05, 3.63) is 0 Å². The zero-order valence-corrected chi connectivity index (χ0v) is 4.75. The van der Waals surface area contributed by atoms with Crippen molar-refractivity contribution < 1.29 is 23.5 Å². The summed E-state index contributed by atoms with van der Waals surface area (Å²) in [7, 11) is 0.935. The molecule has 4 nitrogen and oxygen atoms in total. The summed E-state index contributed by atoms with van der Waals surface area (Å²) < 4.78 is 24.1. The molecule has 0 rings (SSSR count). The second-order valence-electron chi connectivity index (χ2n) is 1.29. The molecular weight excluding hydrogens is 124 g/mol. The summed E-state index contributed by atoms with van der Waals surface area (Å²) >= 11 is 0. The molecule has 9 heavy (non-hydrogen) atoms. The lowest BCUT2D eigenvalue weighted by Gasteiger charge is -2.00. The maximum atomic E-state index is 10.6. The molecular formula is C5H8O4. The number of hydrogen-bond donors (Lipinski definition) is 1. The van der Waals surface area contributed by atoms with Crippen LogP contribution in [0.1, 0.15) is 11.0 Å². The first-order chi connectivity index (χ1) is 5.30. The Morgan fingerprint density at radius 3 is 2.44 bits per heavy atom. The monoisotopic (exact) mass is 135 g/mol. The van der Waals surface area contributed by atoms with Crippen LogP contribution >= 0.6 is 0 Å². The molecule has 1 atom stereocenters. The number of methoxy groups -OCH3 is 1. The first kappa shape index (κ1) is 3.87. The van der Waals surface area contributed by atoms with Gasteiger partial charge in [0, 0.05) is 4.11 Å². The van der Waals surface area contributed by atoms with Gasteiger partial charge < -0.3 is 9.84 Å². The smallest absolute Gasteiger partial charge is 0.319 e. The Hall–Kier alpha value is -1.06. The average Bonchev–Trinajstić information content (AvgIpc) is 1.83. The van der Waals surface area contributed by atoms with E-state index < -0.39 is 24.7 Å². The minimum Gasteiger partial charge on any atom is -0.481 e. The molecule has 0 saturated carbocycles. The fourth-order valence-electron chi connectivity index (χ4n) is 0.219. The normalized spacial score (nSPS) is 18.6. The van der Waals surface area contributed by atoms with Crippen LogP contribution in [0.15, 0.2) is 0 Å². The van der Waals surface area contributed by atoms with Crippen LogP contribution in [-0.2, 0) is 14.3 Å². The van der Waals surface area contributed by atoms with E-state index in [1.54, 1.807) is 0 Å². The second-order valence-corrected chi connectivity index (χ2v) is 1.29. The van der Waals surface area contributed by atoms with Crippen LogP contribution in [0.3, 0.4) is 0 Å². The third-order valence-corrected chi connectivity index (χ3v) is 0.684. The van der Waals surface area contributed by atoms with Crippen LogP contribution in [-0.4, -0.2) is 24.2 Å². The topological polar surface area (TPSA) is 63.6 Å². The molecule has 0 aliphatic carbocycles. The van der Waals surface area contributed by atoms with E-state index in [0.29, 0.717) is 0 Å². The number of carboxylic acid groups (broad SMARTS) is 1. The third kappa shape index (κ3) is 2.12. The SMILES string of the molecule is [2H]C([2H])([2H])C(C(=O)O)C(=O)OC. The summed E-state index contributed by atoms with van der Waals surface area (Å²) in [5.74, 6) is -5.06. The van der Waals surface area contributed by atoms with Gasteiger partial charge in [0.15, 0.2) is 5.92 Å². The van der Waals surface area contributed by atoms with E-state index in [-0.39, 0.29) is 0 Å². The fraction of sp³-hybridized carbons (Fsp3) is 0.600. The van der Waals surface area contributed by atoms with E-state index in [4.69, 9.17) is 9.22 Å². The van der Waals surface area contributed by atoms with Crippen molar-refractivity contribution >= 4 is 11.9 Å². The second kappa shape index (κ2) is 3.06. The summed E-state index contributed by atoms with van der Waals surface area (Å²) in [5, 5.41) is 8.35. The molecule has 52 valence electrons. The number of carbonyl (C=O) groups is 2. The lowest BCUT2D eigenvalue weighted by Crippen LogP contribution is -2.21. The molecule has 0 aliphatic rings. The van der Waals surface area contributed by atoms with Crippen molar-refractivity contribution in [1.82, 2.24) is 0 Å². The number of carbonyl (C=O) groups excluding carboxylic acids is 1. The third-order valence-electron chi connectivity index (χ3n) is 0.684. The van der Waals surface area contributed by atoms with Crippen molar-refractivity contribution in [3.63, 3.8) is 0 Å². The average molecular weight is 135 g/mol. The molecule has 1 N–H and O–H groups in total. The molecule has 0 radical (unpaired) electrons. The lowest BCUT2D eigenvalue weighted by molar-refractivity contribution is -0.155. The van der Waals surface area contributed by atoms with Crippen molar-refractivity contribution in [1.29, 1.82) is 0 Å². The van der Waals surface area contributed by atoms with Crippen LogP contribution in [0.2, 0.25) is 0 Å². The molecule has 4 heteroatoms. The number of rotatable bonds is 2. The molecule has 0 bridgehead atoms. The molecule has 1 unspecified atom stereocenters. The van der Waals surface area contributed by atoms with E-state index in [9.17, 15) is 9.59 Å². The molecule has 0 aromatic heterocycles. The van der Waals surface area contributed by atoms with Gasteiger partial charge in [-0.15, -0.1) is 0 Å². The highest BCUT2D eigenvalue weighted by molar-refractivity contribution is 5.93. The van der Waals surface area contributed by atoms with Gasteiger partial charge in [0.05, 0.1) is 7.11 Å². The molecule has 0 aromatic carbocycles. The van der Waals surface area contributed by atoms with E-state index in [1.165, 1.54) is 0 Å². The van der Waals surface area contributed by atoms with Crippen LogP contribution in [0.25, 0.3) is 0 Å². The van der Waals surface area contributed by atoms with Gasteiger partial charge in [-0.25, -0.2) is 0 Å². The Kier molecular flexibility index (Phi) is 1.32. The largest absolute Gasteiger partial charge is 0.481 e. The molecule has 0 aliphatic heterocycles. The van der Waals surface area contributed by atoms with Crippen LogP contribution < -0.4 is 0 Å². The lowest BCUT2D eigenvalue weighted by atomic mass is 10.2. The van der Waals surface area contributed by atoms with Gasteiger partial charge in [0.2, 0.25) is 0 Å².